The van der Waals surface area contributed by atoms with Gasteiger partial charge in [-0.3, -0.25) is 4.79 Å². The molecule has 0 saturated carbocycles. The fourth-order valence-electron chi connectivity index (χ4n) is 2.90. The lowest BCUT2D eigenvalue weighted by molar-refractivity contribution is -0.689. The number of ketones is 1. The second-order valence-corrected chi connectivity index (χ2v) is 5.72. The maximum Gasteiger partial charge on any atom is 0.229 e. The number of hydrogen-bond acceptors (Lipinski definition) is 1. The van der Waals surface area contributed by atoms with Gasteiger partial charge in [-0.1, -0.05) is 25.1 Å². The van der Waals surface area contributed by atoms with Gasteiger partial charge in [0.25, 0.3) is 0 Å². The lowest BCUT2D eigenvalue weighted by Crippen LogP contribution is -2.41. The molecule has 22 heavy (non-hydrogen) atoms. The summed E-state index contributed by atoms with van der Waals surface area (Å²) in [4.78, 5) is 16.0. The Kier molecular flexibility index (Phi) is 3.80. The van der Waals surface area contributed by atoms with Crippen LogP contribution in [-0.2, 0) is 13.0 Å². The molecule has 0 fully saturated rings. The molecule has 0 aliphatic carbocycles. The largest absolute Gasteiger partial charge is 0.360 e. The van der Waals surface area contributed by atoms with Crippen LogP contribution in [0.25, 0.3) is 10.9 Å². The van der Waals surface area contributed by atoms with Crippen LogP contribution in [0.15, 0.2) is 42.7 Å². The Morgan fingerprint density at radius 2 is 2.00 bits per heavy atom. The van der Waals surface area contributed by atoms with E-state index >= 15 is 0 Å². The van der Waals surface area contributed by atoms with Crippen molar-refractivity contribution in [2.75, 3.05) is 0 Å². The van der Waals surface area contributed by atoms with Crippen LogP contribution < -0.4 is 4.57 Å². The van der Waals surface area contributed by atoms with Gasteiger partial charge >= 0.3 is 0 Å². The van der Waals surface area contributed by atoms with E-state index in [0.717, 1.165) is 28.6 Å². The number of Topliss-reactive ketones (excluding diaryl/α,β-unsaturated/α-hetero) is 1. The number of nitrogens with zero attached hydrogens (tertiary/aromatic N) is 1. The van der Waals surface area contributed by atoms with E-state index < -0.39 is 0 Å². The van der Waals surface area contributed by atoms with Gasteiger partial charge in [-0.2, -0.15) is 4.57 Å². The van der Waals surface area contributed by atoms with Crippen LogP contribution in [0.3, 0.4) is 0 Å². The normalized spacial score (nSPS) is 11.0. The highest BCUT2D eigenvalue weighted by Gasteiger charge is 2.19. The molecule has 2 aromatic heterocycles. The molecule has 3 nitrogen and oxygen atoms in total. The van der Waals surface area contributed by atoms with E-state index in [0.29, 0.717) is 6.54 Å². The summed E-state index contributed by atoms with van der Waals surface area (Å²) in [6, 6.07) is 10.2. The second-order valence-electron chi connectivity index (χ2n) is 5.72. The number of aromatic amines is 1. The van der Waals surface area contributed by atoms with Gasteiger partial charge in [0.05, 0.1) is 0 Å². The van der Waals surface area contributed by atoms with E-state index in [1.165, 1.54) is 11.1 Å². The number of fused-ring (bicyclic) bond motifs is 1. The molecule has 1 N–H and O–H groups in total. The van der Waals surface area contributed by atoms with E-state index in [9.17, 15) is 4.79 Å². The van der Waals surface area contributed by atoms with Crippen LogP contribution in [0.1, 0.15) is 34.1 Å². The molecule has 0 amide bonds. The third kappa shape index (κ3) is 2.43. The molecule has 0 bridgehead atoms. The number of carbonyl (C=O) groups is 1. The molecule has 112 valence electrons. The molecule has 0 spiro atoms. The Balaban J connectivity index is 1.98. The van der Waals surface area contributed by atoms with Gasteiger partial charge in [0.2, 0.25) is 12.3 Å². The molecule has 0 aliphatic rings. The molecule has 2 heterocycles. The summed E-state index contributed by atoms with van der Waals surface area (Å²) in [5.41, 5.74) is 5.43. The Bertz CT molecular complexity index is 846. The van der Waals surface area contributed by atoms with Gasteiger partial charge in [-0.25, -0.2) is 0 Å². The first-order valence-electron chi connectivity index (χ1n) is 7.69. The maximum absolute atomic E-state index is 12.7. The summed E-state index contributed by atoms with van der Waals surface area (Å²) in [6.45, 7) is 6.61. The van der Waals surface area contributed by atoms with Crippen molar-refractivity contribution in [3.63, 3.8) is 0 Å². The minimum absolute atomic E-state index is 0.137. The number of aryl methyl sites for hydroxylation is 2. The maximum atomic E-state index is 12.7. The number of rotatable bonds is 4. The standard InChI is InChI=1S/C19H20N2O/c1-4-15-8-5-9-16-17(11-20-19(15)16)18(22)12-21-10-6-7-13(2)14(21)3/h5-11H,4,12H2,1-3H3/p+1. The van der Waals surface area contributed by atoms with Crippen LogP contribution in [-0.4, -0.2) is 10.8 Å². The molecule has 1 aromatic carbocycles. The van der Waals surface area contributed by atoms with E-state index in [4.69, 9.17) is 0 Å². The summed E-state index contributed by atoms with van der Waals surface area (Å²) in [5, 5.41) is 1.02. The Labute approximate surface area is 130 Å². The van der Waals surface area contributed by atoms with Crippen molar-refractivity contribution in [1.82, 2.24) is 4.98 Å². The molecule has 0 unspecified atom stereocenters. The first-order chi connectivity index (χ1) is 10.6. The number of pyridine rings is 1. The molecule has 0 atom stereocenters. The van der Waals surface area contributed by atoms with Crippen LogP contribution in [0, 0.1) is 13.8 Å². The van der Waals surface area contributed by atoms with Crippen molar-refractivity contribution in [1.29, 1.82) is 0 Å². The molecule has 0 aliphatic heterocycles. The Morgan fingerprint density at radius 1 is 1.18 bits per heavy atom. The van der Waals surface area contributed by atoms with Gasteiger partial charge in [0.15, 0.2) is 11.9 Å². The smallest absolute Gasteiger partial charge is 0.229 e. The zero-order chi connectivity index (χ0) is 15.7. The molecular formula is C19H21N2O+. The number of nitrogens with one attached hydrogen (secondary N) is 1. The first kappa shape index (κ1) is 14.5. The minimum Gasteiger partial charge on any atom is -0.360 e. The quantitative estimate of drug-likeness (QED) is 0.580. The van der Waals surface area contributed by atoms with E-state index in [2.05, 4.69) is 31.0 Å². The van der Waals surface area contributed by atoms with Gasteiger partial charge < -0.3 is 4.98 Å². The average Bonchev–Trinajstić information content (AvgIpc) is 2.95. The van der Waals surface area contributed by atoms with E-state index in [1.807, 2.05) is 42.1 Å². The highest BCUT2D eigenvalue weighted by Crippen LogP contribution is 2.22. The fourth-order valence-corrected chi connectivity index (χ4v) is 2.90. The zero-order valence-electron chi connectivity index (χ0n) is 13.3. The number of aromatic nitrogens is 2. The van der Waals surface area contributed by atoms with Gasteiger partial charge in [-0.15, -0.1) is 0 Å². The molecule has 0 radical (unpaired) electrons. The highest BCUT2D eigenvalue weighted by molar-refractivity contribution is 6.07. The summed E-state index contributed by atoms with van der Waals surface area (Å²) < 4.78 is 2.01. The Hall–Kier alpha value is -2.42. The molecule has 3 rings (SSSR count). The lowest BCUT2D eigenvalue weighted by Gasteiger charge is -2.03. The summed E-state index contributed by atoms with van der Waals surface area (Å²) in [7, 11) is 0. The number of para-hydroxylation sites is 1. The van der Waals surface area contributed by atoms with Crippen molar-refractivity contribution in [3.8, 4) is 0 Å². The van der Waals surface area contributed by atoms with E-state index in [1.54, 1.807) is 0 Å². The summed E-state index contributed by atoms with van der Waals surface area (Å²) >= 11 is 0. The van der Waals surface area contributed by atoms with Gasteiger partial charge in [0.1, 0.15) is 0 Å². The predicted molar refractivity (Wildman–Crippen MR) is 88.1 cm³/mol. The molecule has 3 heteroatoms. The number of benzene rings is 1. The first-order valence-corrected chi connectivity index (χ1v) is 7.69. The van der Waals surface area contributed by atoms with Crippen molar-refractivity contribution in [2.45, 2.75) is 33.7 Å². The van der Waals surface area contributed by atoms with Crippen LogP contribution in [0.4, 0.5) is 0 Å². The monoisotopic (exact) mass is 293 g/mol. The SMILES string of the molecule is CCc1cccc2c(C(=O)C[n+]3cccc(C)c3C)c[nH]c12. The lowest BCUT2D eigenvalue weighted by atomic mass is 10.0. The fraction of sp³-hybridized carbons (Fsp3) is 0.263. The third-order valence-corrected chi connectivity index (χ3v) is 4.41. The highest BCUT2D eigenvalue weighted by atomic mass is 16.1. The van der Waals surface area contributed by atoms with Crippen LogP contribution in [0.5, 0.6) is 0 Å². The topological polar surface area (TPSA) is 36.7 Å². The van der Waals surface area contributed by atoms with Crippen molar-refractivity contribution in [2.24, 2.45) is 0 Å². The summed E-state index contributed by atoms with van der Waals surface area (Å²) in [5.74, 6) is 0.137. The van der Waals surface area contributed by atoms with Crippen molar-refractivity contribution < 1.29 is 9.36 Å². The zero-order valence-corrected chi connectivity index (χ0v) is 13.3. The van der Waals surface area contributed by atoms with Crippen LogP contribution >= 0.6 is 0 Å². The van der Waals surface area contributed by atoms with E-state index in [-0.39, 0.29) is 5.78 Å². The predicted octanol–water partition coefficient (Wildman–Crippen LogP) is 3.52. The number of carbonyl (C=O) groups excluding carboxylic acids is 1. The second kappa shape index (κ2) is 5.76. The minimum atomic E-state index is 0.137. The van der Waals surface area contributed by atoms with Gasteiger partial charge in [0, 0.05) is 41.2 Å². The molecule has 3 aromatic rings. The van der Waals surface area contributed by atoms with Crippen molar-refractivity contribution >= 4 is 16.7 Å². The van der Waals surface area contributed by atoms with Crippen molar-refractivity contribution in [3.05, 3.63) is 65.1 Å². The number of hydrogen-bond donors (Lipinski definition) is 1. The van der Waals surface area contributed by atoms with Crippen LogP contribution in [0.2, 0.25) is 0 Å². The average molecular weight is 293 g/mol. The van der Waals surface area contributed by atoms with Gasteiger partial charge in [-0.05, 0) is 25.0 Å². The number of H-pyrrole nitrogens is 1. The molecule has 0 saturated heterocycles. The Morgan fingerprint density at radius 3 is 2.77 bits per heavy atom. The third-order valence-electron chi connectivity index (χ3n) is 4.41. The summed E-state index contributed by atoms with van der Waals surface area (Å²) in [6.07, 6.45) is 4.77. The molecular weight excluding hydrogens is 272 g/mol.